The van der Waals surface area contributed by atoms with Gasteiger partial charge in [0.25, 0.3) is 0 Å². The number of anilines is 1. The summed E-state index contributed by atoms with van der Waals surface area (Å²) in [5.41, 5.74) is 0. The minimum absolute atomic E-state index is 0.550. The molecule has 0 amide bonds. The van der Waals surface area contributed by atoms with Crippen LogP contribution in [-0.2, 0) is 0 Å². The fourth-order valence-electron chi connectivity index (χ4n) is 2.23. The van der Waals surface area contributed by atoms with E-state index in [2.05, 4.69) is 45.8 Å². The van der Waals surface area contributed by atoms with Crippen molar-refractivity contribution in [2.75, 3.05) is 24.5 Å². The van der Waals surface area contributed by atoms with Crippen LogP contribution in [0.5, 0.6) is 0 Å². The lowest BCUT2D eigenvalue weighted by atomic mass is 10.2. The lowest BCUT2D eigenvalue weighted by molar-refractivity contribution is 0.484. The zero-order valence-electron chi connectivity index (χ0n) is 9.31. The monoisotopic (exact) mass is 233 g/mol. The molecule has 1 aromatic carbocycles. The van der Waals surface area contributed by atoms with Crippen LogP contribution in [0.25, 0.3) is 10.1 Å². The Kier molecular flexibility index (Phi) is 2.53. The summed E-state index contributed by atoms with van der Waals surface area (Å²) in [5, 5.41) is 4.75. The van der Waals surface area contributed by atoms with E-state index >= 15 is 0 Å². The summed E-state index contributed by atoms with van der Waals surface area (Å²) in [7, 11) is 0. The summed E-state index contributed by atoms with van der Waals surface area (Å²) >= 11 is 1.60. The second kappa shape index (κ2) is 4.03. The summed E-state index contributed by atoms with van der Waals surface area (Å²) in [4.78, 5) is 2.39. The van der Waals surface area contributed by atoms with Gasteiger partial charge in [-0.15, -0.1) is 0 Å². The van der Waals surface area contributed by atoms with E-state index in [4.69, 9.17) is 0 Å². The Balaban J connectivity index is 1.99. The molecule has 1 unspecified atom stereocenters. The van der Waals surface area contributed by atoms with Crippen LogP contribution in [-0.4, -0.2) is 30.0 Å². The Morgan fingerprint density at radius 3 is 3.19 bits per heavy atom. The first kappa shape index (κ1) is 10.1. The van der Waals surface area contributed by atoms with Gasteiger partial charge in [0.1, 0.15) is 5.82 Å². The molecular formula is C12H15N3S. The summed E-state index contributed by atoms with van der Waals surface area (Å²) in [6.07, 6.45) is 0. The van der Waals surface area contributed by atoms with Gasteiger partial charge in [-0.1, -0.05) is 12.1 Å². The molecule has 1 aliphatic rings. The minimum Gasteiger partial charge on any atom is -0.352 e. The van der Waals surface area contributed by atoms with E-state index in [9.17, 15) is 0 Å². The third-order valence-electron chi connectivity index (χ3n) is 3.03. The molecule has 1 N–H and O–H groups in total. The molecule has 1 saturated heterocycles. The second-order valence-electron chi connectivity index (χ2n) is 4.30. The fraction of sp³-hybridized carbons (Fsp3) is 0.417. The van der Waals surface area contributed by atoms with Gasteiger partial charge < -0.3 is 10.2 Å². The van der Waals surface area contributed by atoms with E-state index in [-0.39, 0.29) is 0 Å². The molecule has 3 nitrogen and oxygen atoms in total. The van der Waals surface area contributed by atoms with Gasteiger partial charge in [-0.2, -0.15) is 4.37 Å². The van der Waals surface area contributed by atoms with E-state index in [0.29, 0.717) is 6.04 Å². The predicted molar refractivity (Wildman–Crippen MR) is 69.3 cm³/mol. The first-order valence-corrected chi connectivity index (χ1v) is 6.44. The van der Waals surface area contributed by atoms with Crippen LogP contribution >= 0.6 is 11.5 Å². The summed E-state index contributed by atoms with van der Waals surface area (Å²) in [6, 6.07) is 9.02. The highest BCUT2D eigenvalue weighted by atomic mass is 32.1. The van der Waals surface area contributed by atoms with Crippen molar-refractivity contribution in [3.8, 4) is 0 Å². The quantitative estimate of drug-likeness (QED) is 0.817. The number of benzene rings is 1. The topological polar surface area (TPSA) is 28.2 Å². The second-order valence-corrected chi connectivity index (χ2v) is 5.11. The fourth-order valence-corrected chi connectivity index (χ4v) is 3.02. The molecule has 1 atom stereocenters. The average molecular weight is 233 g/mol. The first-order valence-electron chi connectivity index (χ1n) is 5.67. The molecule has 0 radical (unpaired) electrons. The van der Waals surface area contributed by atoms with Gasteiger partial charge in [-0.25, -0.2) is 0 Å². The van der Waals surface area contributed by atoms with Crippen molar-refractivity contribution in [3.05, 3.63) is 24.3 Å². The summed E-state index contributed by atoms with van der Waals surface area (Å²) in [5.74, 6) is 1.16. The van der Waals surface area contributed by atoms with E-state index in [1.165, 1.54) is 10.1 Å². The molecule has 0 bridgehead atoms. The third-order valence-corrected chi connectivity index (χ3v) is 3.84. The van der Waals surface area contributed by atoms with E-state index in [1.807, 2.05) is 0 Å². The Morgan fingerprint density at radius 1 is 1.44 bits per heavy atom. The number of nitrogens with zero attached hydrogens (tertiary/aromatic N) is 2. The van der Waals surface area contributed by atoms with Crippen LogP contribution in [0.1, 0.15) is 6.92 Å². The number of hydrogen-bond acceptors (Lipinski definition) is 4. The third kappa shape index (κ3) is 1.68. The van der Waals surface area contributed by atoms with Crippen molar-refractivity contribution >= 4 is 27.4 Å². The normalized spacial score (nSPS) is 21.6. The largest absolute Gasteiger partial charge is 0.352 e. The lowest BCUT2D eigenvalue weighted by Crippen LogP contribution is -2.49. The van der Waals surface area contributed by atoms with Crippen LogP contribution in [0.3, 0.4) is 0 Å². The van der Waals surface area contributed by atoms with Crippen molar-refractivity contribution in [2.24, 2.45) is 0 Å². The van der Waals surface area contributed by atoms with Gasteiger partial charge in [-0.05, 0) is 30.6 Å². The van der Waals surface area contributed by atoms with Crippen LogP contribution in [0.2, 0.25) is 0 Å². The minimum atomic E-state index is 0.550. The first-order chi connectivity index (χ1) is 7.84. The number of hydrogen-bond donors (Lipinski definition) is 1. The molecule has 2 heterocycles. The van der Waals surface area contributed by atoms with Crippen molar-refractivity contribution < 1.29 is 0 Å². The highest BCUT2D eigenvalue weighted by molar-refractivity contribution is 7.13. The SMILES string of the molecule is CC1CN(c2nsc3ccccc23)CCN1. The van der Waals surface area contributed by atoms with Crippen molar-refractivity contribution in [1.82, 2.24) is 9.69 Å². The van der Waals surface area contributed by atoms with Crippen LogP contribution in [0, 0.1) is 0 Å². The maximum Gasteiger partial charge on any atom is 0.150 e. The van der Waals surface area contributed by atoms with Crippen LogP contribution in [0.15, 0.2) is 24.3 Å². The number of piperazine rings is 1. The molecule has 2 aromatic rings. The molecule has 4 heteroatoms. The van der Waals surface area contributed by atoms with Gasteiger partial charge in [-0.3, -0.25) is 0 Å². The maximum atomic E-state index is 4.59. The lowest BCUT2D eigenvalue weighted by Gasteiger charge is -2.32. The van der Waals surface area contributed by atoms with Gasteiger partial charge in [0.05, 0.1) is 4.70 Å². The predicted octanol–water partition coefficient (Wildman–Crippen LogP) is 2.09. The van der Waals surface area contributed by atoms with Gasteiger partial charge in [0.15, 0.2) is 0 Å². The highest BCUT2D eigenvalue weighted by Gasteiger charge is 2.19. The smallest absolute Gasteiger partial charge is 0.150 e. The zero-order chi connectivity index (χ0) is 11.0. The molecule has 0 aliphatic carbocycles. The van der Waals surface area contributed by atoms with Gasteiger partial charge in [0.2, 0.25) is 0 Å². The Bertz CT molecular complexity index is 494. The van der Waals surface area contributed by atoms with Crippen LogP contribution < -0.4 is 10.2 Å². The van der Waals surface area contributed by atoms with Crippen LogP contribution in [0.4, 0.5) is 5.82 Å². The van der Waals surface area contributed by atoms with E-state index < -0.39 is 0 Å². The standard InChI is InChI=1S/C12H15N3S/c1-9-8-15(7-6-13-9)12-10-4-2-3-5-11(10)16-14-12/h2-5,9,13H,6-8H2,1H3. The average Bonchev–Trinajstić information content (AvgIpc) is 2.72. The Hall–Kier alpha value is -1.13. The molecule has 3 rings (SSSR count). The number of rotatable bonds is 1. The molecule has 1 aromatic heterocycles. The maximum absolute atomic E-state index is 4.59. The number of aromatic nitrogens is 1. The molecule has 1 fully saturated rings. The Labute approximate surface area is 99.2 Å². The highest BCUT2D eigenvalue weighted by Crippen LogP contribution is 2.29. The summed E-state index contributed by atoms with van der Waals surface area (Å²) in [6.45, 7) is 5.37. The molecule has 0 saturated carbocycles. The van der Waals surface area contributed by atoms with Crippen molar-refractivity contribution in [3.63, 3.8) is 0 Å². The van der Waals surface area contributed by atoms with E-state index in [0.717, 1.165) is 25.5 Å². The van der Waals surface area contributed by atoms with E-state index in [1.54, 1.807) is 11.5 Å². The number of fused-ring (bicyclic) bond motifs is 1. The van der Waals surface area contributed by atoms with Crippen molar-refractivity contribution in [1.29, 1.82) is 0 Å². The van der Waals surface area contributed by atoms with Gasteiger partial charge in [0, 0.05) is 31.1 Å². The number of nitrogens with one attached hydrogen (secondary N) is 1. The van der Waals surface area contributed by atoms with Crippen molar-refractivity contribution in [2.45, 2.75) is 13.0 Å². The molecule has 0 spiro atoms. The summed E-state index contributed by atoms with van der Waals surface area (Å²) < 4.78 is 5.87. The molecular weight excluding hydrogens is 218 g/mol. The zero-order valence-corrected chi connectivity index (χ0v) is 10.1. The molecule has 84 valence electrons. The molecule has 1 aliphatic heterocycles. The molecule has 16 heavy (non-hydrogen) atoms. The van der Waals surface area contributed by atoms with Gasteiger partial charge >= 0.3 is 0 Å². The Morgan fingerprint density at radius 2 is 2.31 bits per heavy atom.